The van der Waals surface area contributed by atoms with Gasteiger partial charge in [0.1, 0.15) is 17.2 Å². The molecule has 3 rings (SSSR count). The molecular weight excluding hydrogens is 462 g/mol. The van der Waals surface area contributed by atoms with Gasteiger partial charge in [-0.05, 0) is 44.2 Å². The molecule has 2 aromatic carbocycles. The molecule has 0 bridgehead atoms. The molecule has 11 nitrogen and oxygen atoms in total. The van der Waals surface area contributed by atoms with Crippen molar-refractivity contribution in [2.24, 2.45) is 0 Å². The highest BCUT2D eigenvalue weighted by Gasteiger charge is 2.20. The van der Waals surface area contributed by atoms with Crippen LogP contribution in [-0.4, -0.2) is 45.6 Å². The van der Waals surface area contributed by atoms with E-state index < -0.39 is 4.92 Å². The van der Waals surface area contributed by atoms with Crippen LogP contribution in [-0.2, 0) is 11.3 Å². The van der Waals surface area contributed by atoms with Crippen molar-refractivity contribution in [3.8, 4) is 17.2 Å². The minimum Gasteiger partial charge on any atom is -0.497 e. The number of thioether (sulfide) groups is 1. The highest BCUT2D eigenvalue weighted by molar-refractivity contribution is 7.99. The summed E-state index contributed by atoms with van der Waals surface area (Å²) in [6, 6.07) is 11.2. The van der Waals surface area contributed by atoms with E-state index in [0.717, 1.165) is 5.75 Å². The minimum absolute atomic E-state index is 0.0255. The number of rotatable bonds is 11. The lowest BCUT2D eigenvalue weighted by Gasteiger charge is -2.16. The number of amides is 1. The SMILES string of the molecule is CCn1c(SCC(=O)Nc2cc([N+](=O)[O-])ccc2OC)nnc1C(C)Oc1ccc(OC)cc1. The molecule has 1 amide bonds. The zero-order chi connectivity index (χ0) is 24.7. The summed E-state index contributed by atoms with van der Waals surface area (Å²) in [5, 5.41) is 22.7. The Balaban J connectivity index is 1.65. The smallest absolute Gasteiger partial charge is 0.271 e. The van der Waals surface area contributed by atoms with Crippen LogP contribution in [0.25, 0.3) is 0 Å². The van der Waals surface area contributed by atoms with Gasteiger partial charge in [0.2, 0.25) is 5.91 Å². The van der Waals surface area contributed by atoms with Gasteiger partial charge in [0.25, 0.3) is 5.69 Å². The molecule has 3 aromatic rings. The Morgan fingerprint density at radius 2 is 1.85 bits per heavy atom. The van der Waals surface area contributed by atoms with Crippen LogP contribution >= 0.6 is 11.8 Å². The maximum absolute atomic E-state index is 12.5. The Morgan fingerprint density at radius 3 is 2.47 bits per heavy atom. The second-order valence-electron chi connectivity index (χ2n) is 7.00. The Labute approximate surface area is 200 Å². The number of non-ortho nitro benzene ring substituents is 1. The Kier molecular flexibility index (Phi) is 8.30. The van der Waals surface area contributed by atoms with Gasteiger partial charge in [0.15, 0.2) is 17.1 Å². The Morgan fingerprint density at radius 1 is 1.15 bits per heavy atom. The van der Waals surface area contributed by atoms with Crippen LogP contribution in [0.1, 0.15) is 25.8 Å². The van der Waals surface area contributed by atoms with E-state index in [1.807, 2.05) is 42.7 Å². The van der Waals surface area contributed by atoms with Crippen LogP contribution in [0.4, 0.5) is 11.4 Å². The molecule has 0 radical (unpaired) electrons. The van der Waals surface area contributed by atoms with Gasteiger partial charge in [-0.2, -0.15) is 0 Å². The number of carbonyl (C=O) groups excluding carboxylic acids is 1. The van der Waals surface area contributed by atoms with Gasteiger partial charge in [-0.1, -0.05) is 11.8 Å². The Bertz CT molecular complexity index is 1150. The van der Waals surface area contributed by atoms with Crippen molar-refractivity contribution in [1.82, 2.24) is 14.8 Å². The molecule has 0 fully saturated rings. The fraction of sp³-hybridized carbons (Fsp3) is 0.318. The van der Waals surface area contributed by atoms with Crippen molar-refractivity contribution in [3.63, 3.8) is 0 Å². The predicted octanol–water partition coefficient (Wildman–Crippen LogP) is 4.09. The van der Waals surface area contributed by atoms with Gasteiger partial charge in [-0.25, -0.2) is 0 Å². The van der Waals surface area contributed by atoms with Crippen LogP contribution in [0, 0.1) is 10.1 Å². The van der Waals surface area contributed by atoms with Crippen LogP contribution in [0.5, 0.6) is 17.2 Å². The van der Waals surface area contributed by atoms with Crippen molar-refractivity contribution in [2.45, 2.75) is 31.7 Å². The number of methoxy groups -OCH3 is 2. The maximum Gasteiger partial charge on any atom is 0.271 e. The summed E-state index contributed by atoms with van der Waals surface area (Å²) in [4.78, 5) is 23.0. The third kappa shape index (κ3) is 5.95. The molecule has 180 valence electrons. The first-order valence-electron chi connectivity index (χ1n) is 10.3. The van der Waals surface area contributed by atoms with Crippen molar-refractivity contribution in [3.05, 3.63) is 58.4 Å². The number of hydrogen-bond acceptors (Lipinski definition) is 9. The van der Waals surface area contributed by atoms with E-state index >= 15 is 0 Å². The third-order valence-electron chi connectivity index (χ3n) is 4.80. The van der Waals surface area contributed by atoms with Gasteiger partial charge in [0, 0.05) is 18.7 Å². The van der Waals surface area contributed by atoms with Gasteiger partial charge < -0.3 is 24.1 Å². The number of nitro groups is 1. The van der Waals surface area contributed by atoms with E-state index in [0.29, 0.717) is 29.0 Å². The van der Waals surface area contributed by atoms with Crippen LogP contribution in [0.15, 0.2) is 47.6 Å². The van der Waals surface area contributed by atoms with Crippen LogP contribution in [0.2, 0.25) is 0 Å². The molecule has 0 aliphatic carbocycles. The quantitative estimate of drug-likeness (QED) is 0.241. The van der Waals surface area contributed by atoms with E-state index in [9.17, 15) is 14.9 Å². The summed E-state index contributed by atoms with van der Waals surface area (Å²) >= 11 is 1.20. The first kappa shape index (κ1) is 24.8. The highest BCUT2D eigenvalue weighted by Crippen LogP contribution is 2.30. The van der Waals surface area contributed by atoms with Gasteiger partial charge in [-0.3, -0.25) is 14.9 Å². The molecule has 1 aromatic heterocycles. The summed E-state index contributed by atoms with van der Waals surface area (Å²) in [7, 11) is 3.02. The van der Waals surface area contributed by atoms with Crippen LogP contribution in [0.3, 0.4) is 0 Å². The normalized spacial score (nSPS) is 11.5. The second-order valence-corrected chi connectivity index (χ2v) is 7.94. The molecule has 0 saturated carbocycles. The number of benzene rings is 2. The zero-order valence-corrected chi connectivity index (χ0v) is 20.0. The second kappa shape index (κ2) is 11.4. The summed E-state index contributed by atoms with van der Waals surface area (Å²) in [5.74, 6) is 2.01. The van der Waals surface area contributed by atoms with Crippen molar-refractivity contribution in [2.75, 3.05) is 25.3 Å². The zero-order valence-electron chi connectivity index (χ0n) is 19.2. The largest absolute Gasteiger partial charge is 0.497 e. The number of aromatic nitrogens is 3. The van der Waals surface area contributed by atoms with Gasteiger partial charge in [0.05, 0.1) is 30.6 Å². The van der Waals surface area contributed by atoms with E-state index in [-0.39, 0.29) is 29.1 Å². The van der Waals surface area contributed by atoms with E-state index in [1.54, 1.807) is 7.11 Å². The number of hydrogen-bond donors (Lipinski definition) is 1. The molecular formula is C22H25N5O6S. The summed E-state index contributed by atoms with van der Waals surface area (Å²) in [5.41, 5.74) is 0.0754. The average molecular weight is 488 g/mol. The highest BCUT2D eigenvalue weighted by atomic mass is 32.2. The average Bonchev–Trinajstić information content (AvgIpc) is 3.26. The number of ether oxygens (including phenoxy) is 3. The number of nitrogens with one attached hydrogen (secondary N) is 1. The van der Waals surface area contributed by atoms with Crippen LogP contribution < -0.4 is 19.5 Å². The molecule has 1 N–H and O–H groups in total. The fourth-order valence-electron chi connectivity index (χ4n) is 3.14. The monoisotopic (exact) mass is 487 g/mol. The molecule has 1 atom stereocenters. The molecule has 0 saturated heterocycles. The standard InChI is InChI=1S/C22H25N5O6S/c1-5-26-21(14(2)33-17-9-7-16(31-3)8-10-17)24-25-22(26)34-13-20(28)23-18-12-15(27(29)30)6-11-19(18)32-4/h6-12,14H,5,13H2,1-4H3,(H,23,28). The minimum atomic E-state index is -0.537. The molecule has 0 spiro atoms. The van der Waals surface area contributed by atoms with Crippen molar-refractivity contribution >= 4 is 29.0 Å². The fourth-order valence-corrected chi connectivity index (χ4v) is 3.95. The summed E-state index contributed by atoms with van der Waals surface area (Å²) < 4.78 is 18.2. The lowest BCUT2D eigenvalue weighted by Crippen LogP contribution is -2.16. The first-order chi connectivity index (χ1) is 16.4. The molecule has 1 unspecified atom stereocenters. The number of nitrogens with zero attached hydrogens (tertiary/aromatic N) is 4. The topological polar surface area (TPSA) is 131 Å². The molecule has 12 heteroatoms. The molecule has 0 aliphatic heterocycles. The number of nitro benzene ring substituents is 1. The van der Waals surface area contributed by atoms with Gasteiger partial charge in [-0.15, -0.1) is 10.2 Å². The summed E-state index contributed by atoms with van der Waals surface area (Å²) in [6.45, 7) is 4.41. The van der Waals surface area contributed by atoms with E-state index in [4.69, 9.17) is 14.2 Å². The maximum atomic E-state index is 12.5. The third-order valence-corrected chi connectivity index (χ3v) is 5.76. The summed E-state index contributed by atoms with van der Waals surface area (Å²) in [6.07, 6.45) is -0.377. The van der Waals surface area contributed by atoms with E-state index in [2.05, 4.69) is 15.5 Å². The predicted molar refractivity (Wildman–Crippen MR) is 127 cm³/mol. The first-order valence-corrected chi connectivity index (χ1v) is 11.3. The number of anilines is 1. The van der Waals surface area contributed by atoms with E-state index in [1.165, 1.54) is 37.1 Å². The molecule has 0 aliphatic rings. The Hall–Kier alpha value is -3.80. The lowest BCUT2D eigenvalue weighted by atomic mass is 10.2. The molecule has 34 heavy (non-hydrogen) atoms. The lowest BCUT2D eigenvalue weighted by molar-refractivity contribution is -0.384. The van der Waals surface area contributed by atoms with Crippen molar-refractivity contribution in [1.29, 1.82) is 0 Å². The number of carbonyl (C=O) groups is 1. The van der Waals surface area contributed by atoms with Gasteiger partial charge >= 0.3 is 0 Å². The molecule has 1 heterocycles. The van der Waals surface area contributed by atoms with Crippen molar-refractivity contribution < 1.29 is 23.9 Å².